The molecule has 6 heteroatoms. The molecule has 0 unspecified atom stereocenters. The molecule has 2 aromatic carbocycles. The van der Waals surface area contributed by atoms with Crippen LogP contribution in [-0.4, -0.2) is 37.2 Å². The van der Waals surface area contributed by atoms with Gasteiger partial charge in [-0.05, 0) is 35.9 Å². The van der Waals surface area contributed by atoms with Crippen molar-refractivity contribution in [3.63, 3.8) is 0 Å². The third-order valence-electron chi connectivity index (χ3n) is 3.12. The molecule has 0 aliphatic carbocycles. The van der Waals surface area contributed by atoms with Gasteiger partial charge in [0.2, 0.25) is 0 Å². The van der Waals surface area contributed by atoms with Gasteiger partial charge in [-0.15, -0.1) is 11.8 Å². The highest BCUT2D eigenvalue weighted by atomic mass is 32.2. The van der Waals surface area contributed by atoms with E-state index in [1.165, 1.54) is 7.11 Å². The summed E-state index contributed by atoms with van der Waals surface area (Å²) in [7, 11) is 1.52. The predicted molar refractivity (Wildman–Crippen MR) is 97.9 cm³/mol. The van der Waals surface area contributed by atoms with E-state index < -0.39 is 12.6 Å². The maximum atomic E-state index is 10.6. The Morgan fingerprint density at radius 2 is 1.84 bits per heavy atom. The Labute approximate surface area is 151 Å². The zero-order valence-electron chi connectivity index (χ0n) is 13.9. The van der Waals surface area contributed by atoms with Crippen molar-refractivity contribution < 1.29 is 24.1 Å². The van der Waals surface area contributed by atoms with Crippen LogP contribution in [0.3, 0.4) is 0 Å². The fraction of sp³-hybridized carbons (Fsp3) is 0.211. The van der Waals surface area contributed by atoms with Crippen molar-refractivity contribution in [2.24, 2.45) is 0 Å². The number of methoxy groups -OCH3 is 1. The van der Waals surface area contributed by atoms with E-state index in [-0.39, 0.29) is 0 Å². The van der Waals surface area contributed by atoms with E-state index in [4.69, 9.17) is 19.3 Å². The summed E-state index contributed by atoms with van der Waals surface area (Å²) in [5.41, 5.74) is 0.957. The van der Waals surface area contributed by atoms with Crippen molar-refractivity contribution in [2.45, 2.75) is 4.90 Å². The largest absolute Gasteiger partial charge is 0.493 e. The van der Waals surface area contributed by atoms with Gasteiger partial charge in [0.15, 0.2) is 18.1 Å². The maximum Gasteiger partial charge on any atom is 0.341 e. The molecule has 1 N–H and O–H groups in total. The zero-order valence-corrected chi connectivity index (χ0v) is 14.8. The molecular weight excluding hydrogens is 340 g/mol. The van der Waals surface area contributed by atoms with E-state index in [0.29, 0.717) is 23.9 Å². The van der Waals surface area contributed by atoms with Crippen LogP contribution in [0.4, 0.5) is 0 Å². The van der Waals surface area contributed by atoms with Crippen LogP contribution in [0, 0.1) is 0 Å². The Balaban J connectivity index is 1.85. The zero-order chi connectivity index (χ0) is 18.1. The summed E-state index contributed by atoms with van der Waals surface area (Å²) in [4.78, 5) is 11.6. The summed E-state index contributed by atoms with van der Waals surface area (Å²) in [6.07, 6.45) is 0. The number of rotatable bonds is 10. The molecule has 5 nitrogen and oxygen atoms in total. The first-order valence-electron chi connectivity index (χ1n) is 7.58. The van der Waals surface area contributed by atoms with Gasteiger partial charge in [0, 0.05) is 10.6 Å². The highest BCUT2D eigenvalue weighted by molar-refractivity contribution is 7.99. The van der Waals surface area contributed by atoms with Crippen molar-refractivity contribution in [3.8, 4) is 17.2 Å². The molecule has 2 rings (SSSR count). The van der Waals surface area contributed by atoms with E-state index in [0.717, 1.165) is 16.2 Å². The molecule has 25 heavy (non-hydrogen) atoms. The molecule has 0 radical (unpaired) electrons. The lowest BCUT2D eigenvalue weighted by Crippen LogP contribution is -2.10. The first-order valence-corrected chi connectivity index (χ1v) is 8.57. The van der Waals surface area contributed by atoms with Crippen LogP contribution in [0.25, 0.3) is 0 Å². The minimum Gasteiger partial charge on any atom is -0.493 e. The quantitative estimate of drug-likeness (QED) is 0.512. The Morgan fingerprint density at radius 3 is 2.52 bits per heavy atom. The van der Waals surface area contributed by atoms with Gasteiger partial charge >= 0.3 is 5.97 Å². The second-order valence-electron chi connectivity index (χ2n) is 5.14. The number of carboxylic acids is 1. The number of para-hydroxylation sites is 1. The van der Waals surface area contributed by atoms with Crippen molar-refractivity contribution in [1.82, 2.24) is 0 Å². The number of carbonyl (C=O) groups is 1. The smallest absolute Gasteiger partial charge is 0.341 e. The van der Waals surface area contributed by atoms with Crippen LogP contribution < -0.4 is 14.2 Å². The van der Waals surface area contributed by atoms with Gasteiger partial charge in [0.05, 0.1) is 7.11 Å². The molecule has 132 valence electrons. The molecule has 0 atom stereocenters. The summed E-state index contributed by atoms with van der Waals surface area (Å²) < 4.78 is 16.1. The van der Waals surface area contributed by atoms with Gasteiger partial charge in [-0.1, -0.05) is 24.8 Å². The van der Waals surface area contributed by atoms with E-state index in [2.05, 4.69) is 6.58 Å². The highest BCUT2D eigenvalue weighted by Gasteiger charge is 2.08. The molecule has 0 aliphatic rings. The maximum absolute atomic E-state index is 10.6. The van der Waals surface area contributed by atoms with Crippen LogP contribution in [0.15, 0.2) is 65.6 Å². The lowest BCUT2D eigenvalue weighted by molar-refractivity contribution is -0.139. The van der Waals surface area contributed by atoms with Gasteiger partial charge in [0.25, 0.3) is 0 Å². The van der Waals surface area contributed by atoms with E-state index in [1.807, 2.05) is 42.5 Å². The van der Waals surface area contributed by atoms with E-state index >= 15 is 0 Å². The molecule has 0 saturated heterocycles. The van der Waals surface area contributed by atoms with Crippen LogP contribution in [0.5, 0.6) is 17.2 Å². The molecule has 2 aromatic rings. The lowest BCUT2D eigenvalue weighted by Gasteiger charge is -2.12. The molecule has 0 aliphatic heterocycles. The first-order chi connectivity index (χ1) is 12.1. The molecule has 0 saturated carbocycles. The monoisotopic (exact) mass is 360 g/mol. The summed E-state index contributed by atoms with van der Waals surface area (Å²) >= 11 is 1.59. The number of carboxylic acid groups (broad SMARTS) is 1. The molecule has 0 fully saturated rings. The van der Waals surface area contributed by atoms with Crippen molar-refractivity contribution in [2.75, 3.05) is 26.1 Å². The molecular formula is C19H20O5S. The number of ether oxygens (including phenoxy) is 3. The fourth-order valence-electron chi connectivity index (χ4n) is 1.93. The first kappa shape index (κ1) is 18.7. The SMILES string of the molecule is C=C(COc1ccccc1)CSc1ccc(OCC(=O)O)c(OC)c1. The summed E-state index contributed by atoms with van der Waals surface area (Å²) in [5, 5.41) is 8.68. The number of hydrogen-bond donors (Lipinski definition) is 1. The molecule has 0 spiro atoms. The Morgan fingerprint density at radius 1 is 1.08 bits per heavy atom. The molecule has 0 heterocycles. The van der Waals surface area contributed by atoms with Crippen molar-refractivity contribution >= 4 is 17.7 Å². The van der Waals surface area contributed by atoms with Crippen LogP contribution >= 0.6 is 11.8 Å². The van der Waals surface area contributed by atoms with Gasteiger partial charge in [-0.25, -0.2) is 4.79 Å². The molecule has 0 bridgehead atoms. The minimum absolute atomic E-state index is 0.403. The van der Waals surface area contributed by atoms with Crippen LogP contribution in [0.2, 0.25) is 0 Å². The fourth-order valence-corrected chi connectivity index (χ4v) is 2.73. The topological polar surface area (TPSA) is 65.0 Å². The highest BCUT2D eigenvalue weighted by Crippen LogP contribution is 2.32. The average molecular weight is 360 g/mol. The summed E-state index contributed by atoms with van der Waals surface area (Å²) in [6, 6.07) is 15.0. The van der Waals surface area contributed by atoms with Crippen molar-refractivity contribution in [3.05, 3.63) is 60.7 Å². The lowest BCUT2D eigenvalue weighted by atomic mass is 10.3. The Hall–Kier alpha value is -2.60. The Bertz CT molecular complexity index is 715. The number of aliphatic carboxylic acids is 1. The summed E-state index contributed by atoms with van der Waals surface area (Å²) in [6.45, 7) is 4.07. The average Bonchev–Trinajstić information content (AvgIpc) is 2.64. The molecule has 0 aromatic heterocycles. The van der Waals surface area contributed by atoms with E-state index in [1.54, 1.807) is 17.8 Å². The normalized spacial score (nSPS) is 10.1. The Kier molecular flexibility index (Phi) is 7.22. The third kappa shape index (κ3) is 6.43. The molecule has 0 amide bonds. The van der Waals surface area contributed by atoms with E-state index in [9.17, 15) is 4.79 Å². The number of benzene rings is 2. The number of thioether (sulfide) groups is 1. The van der Waals surface area contributed by atoms with Gasteiger partial charge in [-0.2, -0.15) is 0 Å². The third-order valence-corrected chi connectivity index (χ3v) is 4.26. The predicted octanol–water partition coefficient (Wildman–Crippen LogP) is 3.89. The van der Waals surface area contributed by atoms with Gasteiger partial charge in [0.1, 0.15) is 12.4 Å². The van der Waals surface area contributed by atoms with Gasteiger partial charge in [-0.3, -0.25) is 0 Å². The minimum atomic E-state index is -1.03. The standard InChI is InChI=1S/C19H20O5S/c1-14(11-23-15-6-4-3-5-7-15)13-25-16-8-9-17(18(10-16)22-2)24-12-19(20)21/h3-10H,1,11-13H2,2H3,(H,20,21). The summed E-state index contributed by atoms with van der Waals surface area (Å²) in [5.74, 6) is 1.38. The second-order valence-corrected chi connectivity index (χ2v) is 6.18. The van der Waals surface area contributed by atoms with Crippen molar-refractivity contribution in [1.29, 1.82) is 0 Å². The van der Waals surface area contributed by atoms with Crippen LogP contribution in [-0.2, 0) is 4.79 Å². The van der Waals surface area contributed by atoms with Gasteiger partial charge < -0.3 is 19.3 Å². The number of hydrogen-bond acceptors (Lipinski definition) is 5. The second kappa shape index (κ2) is 9.64. The van der Waals surface area contributed by atoms with Crippen LogP contribution in [0.1, 0.15) is 0 Å².